The van der Waals surface area contributed by atoms with Crippen molar-refractivity contribution in [3.8, 4) is 0 Å². The summed E-state index contributed by atoms with van der Waals surface area (Å²) < 4.78 is 2.22. The molecule has 0 amide bonds. The summed E-state index contributed by atoms with van der Waals surface area (Å²) in [6, 6.07) is 0.496. The van der Waals surface area contributed by atoms with Crippen LogP contribution in [0.15, 0.2) is 12.4 Å². The van der Waals surface area contributed by atoms with Crippen molar-refractivity contribution in [2.45, 2.75) is 96.9 Å². The van der Waals surface area contributed by atoms with E-state index in [1.54, 1.807) is 0 Å². The zero-order chi connectivity index (χ0) is 20.9. The van der Waals surface area contributed by atoms with Crippen molar-refractivity contribution in [3.05, 3.63) is 12.4 Å². The first kappa shape index (κ1) is 20.5. The Morgan fingerprint density at radius 1 is 1.10 bits per heavy atom. The highest BCUT2D eigenvalue weighted by Gasteiger charge is 2.62. The summed E-state index contributed by atoms with van der Waals surface area (Å²) in [6.45, 7) is 5.19. The molecule has 5 nitrogen and oxygen atoms in total. The van der Waals surface area contributed by atoms with Gasteiger partial charge < -0.3 is 5.11 Å². The standard InChI is InChI=1S/C25H39N3O2/c1-24-12-4-3-6-18(24)16-21(28-15-14-26-27-28)23-19-10-9-17(7-5-8-22(29)30)25(19,2)13-11-20(23)24/h14-15,17-21,23H,3-13,16H2,1-2H3,(H,29,30)/t17-,18?,19?,20?,21-,23?,24-,25+/m0/s1. The van der Waals surface area contributed by atoms with Crippen LogP contribution in [0.2, 0.25) is 0 Å². The lowest BCUT2D eigenvalue weighted by atomic mass is 9.43. The van der Waals surface area contributed by atoms with Crippen LogP contribution >= 0.6 is 0 Å². The molecule has 1 aromatic heterocycles. The fourth-order valence-corrected chi connectivity index (χ4v) is 9.02. The van der Waals surface area contributed by atoms with Gasteiger partial charge in [-0.15, -0.1) is 5.10 Å². The Bertz CT molecular complexity index is 764. The van der Waals surface area contributed by atoms with E-state index in [1.807, 2.05) is 6.20 Å². The summed E-state index contributed by atoms with van der Waals surface area (Å²) in [5, 5.41) is 17.8. The lowest BCUT2D eigenvalue weighted by molar-refractivity contribution is -0.138. The summed E-state index contributed by atoms with van der Waals surface area (Å²) in [4.78, 5) is 11.1. The second-order valence-electron chi connectivity index (χ2n) is 11.5. The van der Waals surface area contributed by atoms with Gasteiger partial charge in [0.05, 0.1) is 12.2 Å². The maximum Gasteiger partial charge on any atom is 0.303 e. The van der Waals surface area contributed by atoms with E-state index >= 15 is 0 Å². The van der Waals surface area contributed by atoms with E-state index in [4.69, 9.17) is 5.11 Å². The molecule has 5 rings (SSSR count). The number of fused-ring (bicyclic) bond motifs is 5. The van der Waals surface area contributed by atoms with Crippen LogP contribution < -0.4 is 0 Å². The van der Waals surface area contributed by atoms with Crippen molar-refractivity contribution in [2.75, 3.05) is 0 Å². The van der Waals surface area contributed by atoms with Gasteiger partial charge in [0, 0.05) is 12.6 Å². The average Bonchev–Trinajstić information content (AvgIpc) is 3.35. The molecule has 4 fully saturated rings. The normalized spacial score (nSPS) is 45.4. The number of aromatic nitrogens is 3. The van der Waals surface area contributed by atoms with Crippen LogP contribution in [0.4, 0.5) is 0 Å². The SMILES string of the molecule is C[C@]12CCCCC1C[C@H](n1ccnn1)C1C2CC[C@@]2(C)C1CC[C@@H]2CCCC(=O)O. The van der Waals surface area contributed by atoms with Crippen molar-refractivity contribution in [1.82, 2.24) is 15.0 Å². The molecule has 4 aliphatic carbocycles. The van der Waals surface area contributed by atoms with Crippen LogP contribution in [0.1, 0.15) is 96.9 Å². The summed E-state index contributed by atoms with van der Waals surface area (Å²) in [7, 11) is 0. The Hall–Kier alpha value is -1.39. The van der Waals surface area contributed by atoms with E-state index in [0.29, 0.717) is 35.1 Å². The Labute approximate surface area is 181 Å². The van der Waals surface area contributed by atoms with Crippen molar-refractivity contribution < 1.29 is 9.90 Å². The minimum absolute atomic E-state index is 0.324. The molecule has 5 heteroatoms. The van der Waals surface area contributed by atoms with Gasteiger partial charge in [-0.1, -0.05) is 31.9 Å². The van der Waals surface area contributed by atoms with Gasteiger partial charge in [0.2, 0.25) is 0 Å². The Kier molecular flexibility index (Phi) is 5.22. The molecule has 0 spiro atoms. The second-order valence-corrected chi connectivity index (χ2v) is 11.5. The fourth-order valence-electron chi connectivity index (χ4n) is 9.02. The summed E-state index contributed by atoms with van der Waals surface area (Å²) in [5.74, 6) is 3.14. The van der Waals surface area contributed by atoms with Gasteiger partial charge in [-0.05, 0) is 98.2 Å². The van der Waals surface area contributed by atoms with E-state index in [9.17, 15) is 4.79 Å². The lowest BCUT2D eigenvalue weighted by Gasteiger charge is -2.62. The predicted octanol–water partition coefficient (Wildman–Crippen LogP) is 5.73. The number of rotatable bonds is 5. The number of carbonyl (C=O) groups is 1. The van der Waals surface area contributed by atoms with Crippen molar-refractivity contribution in [3.63, 3.8) is 0 Å². The zero-order valence-electron chi connectivity index (χ0n) is 18.8. The number of hydrogen-bond donors (Lipinski definition) is 1. The van der Waals surface area contributed by atoms with E-state index in [-0.39, 0.29) is 0 Å². The number of nitrogens with zero attached hydrogens (tertiary/aromatic N) is 3. The Balaban J connectivity index is 1.45. The monoisotopic (exact) mass is 413 g/mol. The number of carboxylic acid groups (broad SMARTS) is 1. The first-order valence-corrected chi connectivity index (χ1v) is 12.5. The largest absolute Gasteiger partial charge is 0.481 e. The van der Waals surface area contributed by atoms with Gasteiger partial charge in [-0.3, -0.25) is 4.79 Å². The van der Waals surface area contributed by atoms with Gasteiger partial charge in [-0.25, -0.2) is 4.68 Å². The first-order valence-electron chi connectivity index (χ1n) is 12.5. The summed E-state index contributed by atoms with van der Waals surface area (Å²) in [5.41, 5.74) is 0.874. The highest BCUT2D eigenvalue weighted by atomic mass is 16.4. The third-order valence-corrected chi connectivity index (χ3v) is 10.5. The Morgan fingerprint density at radius 3 is 2.70 bits per heavy atom. The van der Waals surface area contributed by atoms with Gasteiger partial charge in [0.25, 0.3) is 0 Å². The third-order valence-electron chi connectivity index (χ3n) is 10.5. The molecular formula is C25H39N3O2. The second kappa shape index (κ2) is 7.63. The van der Waals surface area contributed by atoms with Gasteiger partial charge >= 0.3 is 5.97 Å². The minimum atomic E-state index is -0.645. The summed E-state index contributed by atoms with van der Waals surface area (Å²) in [6.07, 6.45) is 18.4. The molecule has 0 saturated heterocycles. The van der Waals surface area contributed by atoms with E-state index < -0.39 is 5.97 Å². The van der Waals surface area contributed by atoms with Crippen molar-refractivity contribution in [1.29, 1.82) is 0 Å². The van der Waals surface area contributed by atoms with Crippen molar-refractivity contribution >= 4 is 5.97 Å². The van der Waals surface area contributed by atoms with Gasteiger partial charge in [0.1, 0.15) is 0 Å². The summed E-state index contributed by atoms with van der Waals surface area (Å²) >= 11 is 0. The molecule has 8 atom stereocenters. The average molecular weight is 414 g/mol. The van der Waals surface area contributed by atoms with Crippen LogP contribution in [0.25, 0.3) is 0 Å². The Morgan fingerprint density at radius 2 is 1.93 bits per heavy atom. The van der Waals surface area contributed by atoms with Crippen LogP contribution in [0.3, 0.4) is 0 Å². The maximum atomic E-state index is 11.1. The molecule has 0 radical (unpaired) electrons. The topological polar surface area (TPSA) is 68.0 Å². The molecule has 4 saturated carbocycles. The molecule has 0 aromatic carbocycles. The molecular weight excluding hydrogens is 374 g/mol. The lowest BCUT2D eigenvalue weighted by Crippen LogP contribution is -2.56. The number of hydrogen-bond acceptors (Lipinski definition) is 3. The van der Waals surface area contributed by atoms with Crippen LogP contribution in [0, 0.1) is 40.4 Å². The highest BCUT2D eigenvalue weighted by Crippen LogP contribution is 2.69. The van der Waals surface area contributed by atoms with Crippen LogP contribution in [-0.4, -0.2) is 26.1 Å². The van der Waals surface area contributed by atoms with Crippen LogP contribution in [-0.2, 0) is 4.79 Å². The number of aliphatic carboxylic acids is 1. The van der Waals surface area contributed by atoms with Gasteiger partial charge in [-0.2, -0.15) is 0 Å². The van der Waals surface area contributed by atoms with Crippen molar-refractivity contribution in [2.24, 2.45) is 40.4 Å². The molecule has 4 unspecified atom stereocenters. The highest BCUT2D eigenvalue weighted by molar-refractivity contribution is 5.66. The predicted molar refractivity (Wildman–Crippen MR) is 116 cm³/mol. The van der Waals surface area contributed by atoms with Gasteiger partial charge in [0.15, 0.2) is 0 Å². The van der Waals surface area contributed by atoms with E-state index in [1.165, 1.54) is 57.8 Å². The molecule has 1 heterocycles. The molecule has 166 valence electrons. The minimum Gasteiger partial charge on any atom is -0.481 e. The van der Waals surface area contributed by atoms with Crippen LogP contribution in [0.5, 0.6) is 0 Å². The maximum absolute atomic E-state index is 11.1. The zero-order valence-corrected chi connectivity index (χ0v) is 18.8. The fraction of sp³-hybridized carbons (Fsp3) is 0.880. The third kappa shape index (κ3) is 3.14. The molecule has 0 bridgehead atoms. The molecule has 4 aliphatic rings. The van der Waals surface area contributed by atoms with E-state index in [0.717, 1.165) is 30.6 Å². The molecule has 0 aliphatic heterocycles. The molecule has 30 heavy (non-hydrogen) atoms. The van der Waals surface area contributed by atoms with E-state index in [2.05, 4.69) is 35.0 Å². The quantitative estimate of drug-likeness (QED) is 0.669. The molecule has 1 N–H and O–H groups in total. The number of carboxylic acids is 1. The first-order chi connectivity index (χ1) is 14.4. The smallest absolute Gasteiger partial charge is 0.303 e. The molecule has 1 aromatic rings.